The van der Waals surface area contributed by atoms with Crippen LogP contribution in [0.15, 0.2) is 59.5 Å². The molecule has 0 spiro atoms. The van der Waals surface area contributed by atoms with E-state index in [0.717, 1.165) is 12.0 Å². The molecule has 7 heteroatoms. The molecule has 2 aromatic rings. The van der Waals surface area contributed by atoms with Gasteiger partial charge in [0, 0.05) is 13.1 Å². The summed E-state index contributed by atoms with van der Waals surface area (Å²) in [4.78, 5) is 13.3. The minimum Gasteiger partial charge on any atom is -0.497 e. The van der Waals surface area contributed by atoms with Gasteiger partial charge < -0.3 is 10.1 Å². The molecule has 3 rings (SSSR count). The van der Waals surface area contributed by atoms with E-state index in [-0.39, 0.29) is 29.3 Å². The van der Waals surface area contributed by atoms with Crippen molar-refractivity contribution in [3.63, 3.8) is 0 Å². The number of nitrogens with zero attached hydrogens (tertiary/aromatic N) is 1. The van der Waals surface area contributed by atoms with E-state index in [9.17, 15) is 13.2 Å². The van der Waals surface area contributed by atoms with Gasteiger partial charge in [-0.1, -0.05) is 44.2 Å². The minimum absolute atomic E-state index is 0.0795. The maximum absolute atomic E-state index is 13.1. The maximum Gasteiger partial charge on any atom is 0.243 e. The fourth-order valence-electron chi connectivity index (χ4n) is 4.00. The van der Waals surface area contributed by atoms with E-state index >= 15 is 0 Å². The molecule has 1 aliphatic heterocycles. The summed E-state index contributed by atoms with van der Waals surface area (Å²) in [5.41, 5.74) is 1.07. The van der Waals surface area contributed by atoms with Crippen LogP contribution in [-0.4, -0.2) is 38.8 Å². The summed E-state index contributed by atoms with van der Waals surface area (Å²) in [6, 6.07) is 16.2. The first kappa shape index (κ1) is 23.3. The Bertz CT molecular complexity index is 959. The molecule has 0 bridgehead atoms. The molecule has 1 heterocycles. The predicted molar refractivity (Wildman–Crippen MR) is 121 cm³/mol. The molecule has 0 radical (unpaired) electrons. The number of nitrogens with one attached hydrogen (secondary N) is 1. The van der Waals surface area contributed by atoms with Crippen molar-refractivity contribution in [3.8, 4) is 5.75 Å². The van der Waals surface area contributed by atoms with Gasteiger partial charge in [-0.3, -0.25) is 4.79 Å². The molecule has 1 saturated heterocycles. The second-order valence-electron chi connectivity index (χ2n) is 8.48. The fourth-order valence-corrected chi connectivity index (χ4v) is 5.52. The molecule has 0 saturated carbocycles. The Morgan fingerprint density at radius 1 is 1.13 bits per heavy atom. The highest BCUT2D eigenvalue weighted by molar-refractivity contribution is 7.89. The van der Waals surface area contributed by atoms with Crippen molar-refractivity contribution in [1.82, 2.24) is 9.62 Å². The molecule has 168 valence electrons. The molecule has 1 amide bonds. The van der Waals surface area contributed by atoms with E-state index in [4.69, 9.17) is 4.74 Å². The fraction of sp³-hybridized carbons (Fsp3) is 0.458. The number of sulfonamides is 1. The van der Waals surface area contributed by atoms with Gasteiger partial charge in [0.05, 0.1) is 24.0 Å². The van der Waals surface area contributed by atoms with Crippen molar-refractivity contribution >= 4 is 15.9 Å². The number of ether oxygens (including phenoxy) is 1. The standard InChI is InChI=1S/C24H32N2O4S/c1-18(2)16-23(19-8-5-4-6-9-19)25-24(27)20-10-7-15-26(17-20)31(28,29)22-13-11-21(30-3)12-14-22/h4-6,8-9,11-14,18,20,23H,7,10,15-17H2,1-3H3,(H,25,27)/t20-,23-/m1/s1. The van der Waals surface area contributed by atoms with Crippen LogP contribution in [0.4, 0.5) is 0 Å². The monoisotopic (exact) mass is 444 g/mol. The summed E-state index contributed by atoms with van der Waals surface area (Å²) >= 11 is 0. The first-order chi connectivity index (χ1) is 14.8. The number of hydrogen-bond donors (Lipinski definition) is 1. The second kappa shape index (κ2) is 10.3. The summed E-state index contributed by atoms with van der Waals surface area (Å²) in [6.45, 7) is 4.88. The molecule has 1 N–H and O–H groups in total. The Morgan fingerprint density at radius 3 is 2.42 bits per heavy atom. The van der Waals surface area contributed by atoms with Gasteiger partial charge in [0.15, 0.2) is 0 Å². The zero-order valence-electron chi connectivity index (χ0n) is 18.5. The smallest absolute Gasteiger partial charge is 0.243 e. The van der Waals surface area contributed by atoms with Crippen molar-refractivity contribution < 1.29 is 17.9 Å². The van der Waals surface area contributed by atoms with Gasteiger partial charge in [0.1, 0.15) is 5.75 Å². The van der Waals surface area contributed by atoms with Gasteiger partial charge in [0.25, 0.3) is 0 Å². The normalized spacial score (nSPS) is 18.5. The number of methoxy groups -OCH3 is 1. The van der Waals surface area contributed by atoms with Gasteiger partial charge in [-0.15, -0.1) is 0 Å². The van der Waals surface area contributed by atoms with Crippen LogP contribution in [0.1, 0.15) is 44.7 Å². The topological polar surface area (TPSA) is 75.7 Å². The highest BCUT2D eigenvalue weighted by atomic mass is 32.2. The summed E-state index contributed by atoms with van der Waals surface area (Å²) in [7, 11) is -2.11. The lowest BCUT2D eigenvalue weighted by atomic mass is 9.94. The van der Waals surface area contributed by atoms with Crippen LogP contribution < -0.4 is 10.1 Å². The zero-order valence-corrected chi connectivity index (χ0v) is 19.3. The van der Waals surface area contributed by atoms with Crippen LogP contribution in [0.5, 0.6) is 5.75 Å². The first-order valence-electron chi connectivity index (χ1n) is 10.8. The SMILES string of the molecule is COc1ccc(S(=O)(=O)N2CCC[C@@H](C(=O)N[C@H](CC(C)C)c3ccccc3)C2)cc1. The van der Waals surface area contributed by atoms with Crippen LogP contribution in [0.25, 0.3) is 0 Å². The quantitative estimate of drug-likeness (QED) is 0.668. The Kier molecular flexibility index (Phi) is 7.73. The first-order valence-corrected chi connectivity index (χ1v) is 12.2. The van der Waals surface area contributed by atoms with Crippen LogP contribution >= 0.6 is 0 Å². The highest BCUT2D eigenvalue weighted by Crippen LogP contribution is 2.27. The molecule has 0 aromatic heterocycles. The lowest BCUT2D eigenvalue weighted by Gasteiger charge is -2.32. The lowest BCUT2D eigenvalue weighted by Crippen LogP contribution is -2.46. The molecule has 1 aliphatic rings. The largest absolute Gasteiger partial charge is 0.497 e. The number of carbonyl (C=O) groups excluding carboxylic acids is 1. The van der Waals surface area contributed by atoms with E-state index in [1.807, 2.05) is 30.3 Å². The summed E-state index contributed by atoms with van der Waals surface area (Å²) < 4.78 is 32.7. The Morgan fingerprint density at radius 2 is 1.81 bits per heavy atom. The second-order valence-corrected chi connectivity index (χ2v) is 10.4. The summed E-state index contributed by atoms with van der Waals surface area (Å²) in [5, 5.41) is 3.18. The number of carbonyl (C=O) groups is 1. The van der Waals surface area contributed by atoms with E-state index in [0.29, 0.717) is 31.1 Å². The van der Waals surface area contributed by atoms with Crippen molar-refractivity contribution in [2.24, 2.45) is 11.8 Å². The molecule has 2 aromatic carbocycles. The molecular formula is C24H32N2O4S. The molecule has 6 nitrogen and oxygen atoms in total. The zero-order chi connectivity index (χ0) is 22.4. The number of hydrogen-bond acceptors (Lipinski definition) is 4. The van der Waals surface area contributed by atoms with Gasteiger partial charge in [0.2, 0.25) is 15.9 Å². The van der Waals surface area contributed by atoms with Crippen molar-refractivity contribution in [2.45, 2.75) is 44.0 Å². The number of rotatable bonds is 8. The number of amides is 1. The van der Waals surface area contributed by atoms with Gasteiger partial charge in [-0.25, -0.2) is 8.42 Å². The molecule has 0 unspecified atom stereocenters. The third-order valence-electron chi connectivity index (χ3n) is 5.68. The molecule has 31 heavy (non-hydrogen) atoms. The molecular weight excluding hydrogens is 412 g/mol. The number of piperidine rings is 1. The van der Waals surface area contributed by atoms with E-state index in [1.54, 1.807) is 31.4 Å². The Hall–Kier alpha value is -2.38. The summed E-state index contributed by atoms with van der Waals surface area (Å²) in [5.74, 6) is 0.583. The van der Waals surface area contributed by atoms with Crippen LogP contribution in [0.2, 0.25) is 0 Å². The minimum atomic E-state index is -3.66. The Labute approximate surface area is 185 Å². The Balaban J connectivity index is 1.71. The van der Waals surface area contributed by atoms with E-state index in [2.05, 4.69) is 19.2 Å². The van der Waals surface area contributed by atoms with Crippen molar-refractivity contribution in [3.05, 3.63) is 60.2 Å². The van der Waals surface area contributed by atoms with Gasteiger partial charge in [-0.2, -0.15) is 4.31 Å². The summed E-state index contributed by atoms with van der Waals surface area (Å²) in [6.07, 6.45) is 2.17. The average molecular weight is 445 g/mol. The van der Waals surface area contributed by atoms with Crippen LogP contribution in [-0.2, 0) is 14.8 Å². The number of benzene rings is 2. The highest BCUT2D eigenvalue weighted by Gasteiger charge is 2.34. The molecule has 1 fully saturated rings. The third-order valence-corrected chi connectivity index (χ3v) is 7.56. The molecule has 2 atom stereocenters. The van der Waals surface area contributed by atoms with Crippen molar-refractivity contribution in [2.75, 3.05) is 20.2 Å². The maximum atomic E-state index is 13.1. The van der Waals surface area contributed by atoms with Crippen LogP contribution in [0, 0.1) is 11.8 Å². The van der Waals surface area contributed by atoms with E-state index < -0.39 is 10.0 Å². The van der Waals surface area contributed by atoms with Gasteiger partial charge in [-0.05, 0) is 55.0 Å². The molecule has 0 aliphatic carbocycles. The average Bonchev–Trinajstić information content (AvgIpc) is 2.79. The van der Waals surface area contributed by atoms with Gasteiger partial charge >= 0.3 is 0 Å². The van der Waals surface area contributed by atoms with Crippen molar-refractivity contribution in [1.29, 1.82) is 0 Å². The lowest BCUT2D eigenvalue weighted by molar-refractivity contribution is -0.127. The van der Waals surface area contributed by atoms with Crippen LogP contribution in [0.3, 0.4) is 0 Å². The predicted octanol–water partition coefficient (Wildman–Crippen LogP) is 4.00. The third kappa shape index (κ3) is 5.86. The van der Waals surface area contributed by atoms with E-state index in [1.165, 1.54) is 4.31 Å².